The molecule has 2 fully saturated rings. The van der Waals surface area contributed by atoms with E-state index >= 15 is 0 Å². The highest BCUT2D eigenvalue weighted by molar-refractivity contribution is 5.75. The van der Waals surface area contributed by atoms with Crippen LogP contribution in [0.5, 0.6) is 0 Å². The zero-order chi connectivity index (χ0) is 13.7. The molecule has 1 heterocycles. The maximum Gasteiger partial charge on any atom is 0.222 e. The van der Waals surface area contributed by atoms with Crippen LogP contribution in [0.3, 0.4) is 0 Å². The maximum atomic E-state index is 11.6. The van der Waals surface area contributed by atoms with E-state index in [1.165, 1.54) is 45.3 Å². The van der Waals surface area contributed by atoms with E-state index in [4.69, 9.17) is 0 Å². The predicted octanol–water partition coefficient (Wildman–Crippen LogP) is 1.32. The van der Waals surface area contributed by atoms with Crippen molar-refractivity contribution in [2.75, 3.05) is 40.3 Å². The number of carbonyl (C=O) groups is 1. The van der Waals surface area contributed by atoms with Gasteiger partial charge in [0, 0.05) is 33.1 Å². The third-order valence-electron chi connectivity index (χ3n) is 4.29. The minimum absolute atomic E-state index is 0.259. The van der Waals surface area contributed by atoms with Crippen LogP contribution < -0.4 is 5.32 Å². The van der Waals surface area contributed by atoms with E-state index in [0.717, 1.165) is 24.9 Å². The van der Waals surface area contributed by atoms with Crippen molar-refractivity contribution in [2.24, 2.45) is 5.92 Å². The van der Waals surface area contributed by atoms with Gasteiger partial charge in [0.2, 0.25) is 5.91 Å². The van der Waals surface area contributed by atoms with E-state index in [9.17, 15) is 4.79 Å². The lowest BCUT2D eigenvalue weighted by Crippen LogP contribution is -2.39. The molecule has 4 nitrogen and oxygen atoms in total. The standard InChI is InChI=1S/C15H29N3O/c1-17(2)15(19)6-4-10-18(14-7-8-14)12-13-5-3-9-16-11-13/h13-14,16H,3-12H2,1-2H3. The van der Waals surface area contributed by atoms with Gasteiger partial charge in [0.15, 0.2) is 0 Å². The Kier molecular flexibility index (Phi) is 5.64. The van der Waals surface area contributed by atoms with Gasteiger partial charge in [0.25, 0.3) is 0 Å². The lowest BCUT2D eigenvalue weighted by atomic mass is 9.99. The van der Waals surface area contributed by atoms with E-state index in [1.54, 1.807) is 4.90 Å². The van der Waals surface area contributed by atoms with Gasteiger partial charge >= 0.3 is 0 Å². The molecule has 2 rings (SSSR count). The smallest absolute Gasteiger partial charge is 0.222 e. The number of piperidine rings is 1. The Hall–Kier alpha value is -0.610. The quantitative estimate of drug-likeness (QED) is 0.755. The molecule has 0 aromatic rings. The lowest BCUT2D eigenvalue weighted by Gasteiger charge is -2.30. The molecule has 1 atom stereocenters. The van der Waals surface area contributed by atoms with Crippen LogP contribution in [-0.4, -0.2) is 62.0 Å². The summed E-state index contributed by atoms with van der Waals surface area (Å²) in [5, 5.41) is 3.50. The summed E-state index contributed by atoms with van der Waals surface area (Å²) in [5.41, 5.74) is 0. The van der Waals surface area contributed by atoms with Crippen LogP contribution in [0, 0.1) is 5.92 Å². The SMILES string of the molecule is CN(C)C(=O)CCCN(CC1CCCNC1)C1CC1. The fraction of sp³-hybridized carbons (Fsp3) is 0.933. The highest BCUT2D eigenvalue weighted by Crippen LogP contribution is 2.28. The molecule has 1 aliphatic carbocycles. The van der Waals surface area contributed by atoms with Crippen molar-refractivity contribution in [3.63, 3.8) is 0 Å². The third kappa shape index (κ3) is 5.11. The van der Waals surface area contributed by atoms with Gasteiger partial charge in [-0.15, -0.1) is 0 Å². The molecule has 0 aromatic carbocycles. The molecule has 0 aromatic heterocycles. The molecule has 0 radical (unpaired) electrons. The second-order valence-corrected chi connectivity index (χ2v) is 6.33. The summed E-state index contributed by atoms with van der Waals surface area (Å²) >= 11 is 0. The molecule has 1 amide bonds. The maximum absolute atomic E-state index is 11.6. The molecule has 1 saturated carbocycles. The fourth-order valence-corrected chi connectivity index (χ4v) is 2.93. The van der Waals surface area contributed by atoms with E-state index in [0.29, 0.717) is 6.42 Å². The predicted molar refractivity (Wildman–Crippen MR) is 78.1 cm³/mol. The van der Waals surface area contributed by atoms with Crippen molar-refractivity contribution in [2.45, 2.75) is 44.6 Å². The Balaban J connectivity index is 1.69. The number of rotatable bonds is 7. The summed E-state index contributed by atoms with van der Waals surface area (Å²) in [4.78, 5) is 15.9. The first-order chi connectivity index (χ1) is 9.16. The number of amides is 1. The van der Waals surface area contributed by atoms with Crippen molar-refractivity contribution in [1.82, 2.24) is 15.1 Å². The molecule has 1 unspecified atom stereocenters. The van der Waals surface area contributed by atoms with Crippen LogP contribution in [0.15, 0.2) is 0 Å². The fourth-order valence-electron chi connectivity index (χ4n) is 2.93. The Bertz CT molecular complexity index is 283. The molecule has 1 N–H and O–H groups in total. The van der Waals surface area contributed by atoms with E-state index in [2.05, 4.69) is 10.2 Å². The summed E-state index contributed by atoms with van der Waals surface area (Å²) in [6.45, 7) is 4.70. The second-order valence-electron chi connectivity index (χ2n) is 6.33. The van der Waals surface area contributed by atoms with Crippen LogP contribution in [0.1, 0.15) is 38.5 Å². The summed E-state index contributed by atoms with van der Waals surface area (Å²) in [5.74, 6) is 1.08. The summed E-state index contributed by atoms with van der Waals surface area (Å²) < 4.78 is 0. The molecule has 2 aliphatic rings. The first kappa shape index (κ1) is 14.8. The largest absolute Gasteiger partial charge is 0.349 e. The Morgan fingerprint density at radius 1 is 1.26 bits per heavy atom. The Labute approximate surface area is 117 Å². The average Bonchev–Trinajstić information content (AvgIpc) is 3.22. The minimum atomic E-state index is 0.259. The number of hydrogen-bond acceptors (Lipinski definition) is 3. The minimum Gasteiger partial charge on any atom is -0.349 e. The van der Waals surface area contributed by atoms with Crippen molar-refractivity contribution >= 4 is 5.91 Å². The van der Waals surface area contributed by atoms with Gasteiger partial charge in [-0.05, 0) is 57.7 Å². The van der Waals surface area contributed by atoms with Crippen LogP contribution in [0.25, 0.3) is 0 Å². The third-order valence-corrected chi connectivity index (χ3v) is 4.29. The summed E-state index contributed by atoms with van der Waals surface area (Å²) in [6, 6.07) is 0.816. The van der Waals surface area contributed by atoms with Crippen molar-refractivity contribution in [1.29, 1.82) is 0 Å². The monoisotopic (exact) mass is 267 g/mol. The number of carbonyl (C=O) groups excluding carboxylic acids is 1. The molecule has 19 heavy (non-hydrogen) atoms. The topological polar surface area (TPSA) is 35.6 Å². The zero-order valence-corrected chi connectivity index (χ0v) is 12.5. The van der Waals surface area contributed by atoms with Crippen molar-refractivity contribution in [3.8, 4) is 0 Å². The molecule has 1 aliphatic heterocycles. The highest BCUT2D eigenvalue weighted by Gasteiger charge is 2.30. The van der Waals surface area contributed by atoms with Crippen LogP contribution >= 0.6 is 0 Å². The van der Waals surface area contributed by atoms with Crippen LogP contribution in [0.4, 0.5) is 0 Å². The summed E-state index contributed by atoms with van der Waals surface area (Å²) in [7, 11) is 3.68. The van der Waals surface area contributed by atoms with Crippen LogP contribution in [-0.2, 0) is 4.79 Å². The molecule has 4 heteroatoms. The lowest BCUT2D eigenvalue weighted by molar-refractivity contribution is -0.128. The van der Waals surface area contributed by atoms with Gasteiger partial charge in [-0.2, -0.15) is 0 Å². The van der Waals surface area contributed by atoms with E-state index < -0.39 is 0 Å². The zero-order valence-electron chi connectivity index (χ0n) is 12.5. The number of nitrogens with zero attached hydrogens (tertiary/aromatic N) is 2. The molecule has 0 spiro atoms. The van der Waals surface area contributed by atoms with Crippen molar-refractivity contribution < 1.29 is 4.79 Å². The number of hydrogen-bond donors (Lipinski definition) is 1. The Morgan fingerprint density at radius 3 is 2.63 bits per heavy atom. The molecule has 1 saturated heterocycles. The van der Waals surface area contributed by atoms with Gasteiger partial charge in [0.1, 0.15) is 0 Å². The highest BCUT2D eigenvalue weighted by atomic mass is 16.2. The average molecular weight is 267 g/mol. The first-order valence-electron chi connectivity index (χ1n) is 7.81. The van der Waals surface area contributed by atoms with E-state index in [1.807, 2.05) is 14.1 Å². The first-order valence-corrected chi connectivity index (χ1v) is 7.81. The van der Waals surface area contributed by atoms with Gasteiger partial charge in [-0.1, -0.05) is 0 Å². The van der Waals surface area contributed by atoms with Crippen LogP contribution in [0.2, 0.25) is 0 Å². The molecular formula is C15H29N3O. The normalized spacial score (nSPS) is 23.6. The molecule has 0 bridgehead atoms. The van der Waals surface area contributed by atoms with Gasteiger partial charge < -0.3 is 15.1 Å². The van der Waals surface area contributed by atoms with E-state index in [-0.39, 0.29) is 5.91 Å². The second kappa shape index (κ2) is 7.25. The molecule has 110 valence electrons. The Morgan fingerprint density at radius 2 is 2.05 bits per heavy atom. The van der Waals surface area contributed by atoms with Gasteiger partial charge in [0.05, 0.1) is 0 Å². The number of nitrogens with one attached hydrogen (secondary N) is 1. The van der Waals surface area contributed by atoms with Gasteiger partial charge in [-0.25, -0.2) is 0 Å². The summed E-state index contributed by atoms with van der Waals surface area (Å²) in [6.07, 6.45) is 7.12. The van der Waals surface area contributed by atoms with Crippen molar-refractivity contribution in [3.05, 3.63) is 0 Å². The van der Waals surface area contributed by atoms with Gasteiger partial charge in [-0.3, -0.25) is 4.79 Å². The molecular weight excluding hydrogens is 238 g/mol.